The van der Waals surface area contributed by atoms with Crippen molar-refractivity contribution in [1.82, 2.24) is 0 Å². The predicted octanol–water partition coefficient (Wildman–Crippen LogP) is 1.18. The van der Waals surface area contributed by atoms with Crippen LogP contribution in [0.4, 0.5) is 0 Å². The van der Waals surface area contributed by atoms with Crippen LogP contribution in [0.25, 0.3) is 0 Å². The van der Waals surface area contributed by atoms with E-state index >= 15 is 0 Å². The van der Waals surface area contributed by atoms with E-state index in [0.717, 1.165) is 0 Å². The third-order valence-electron chi connectivity index (χ3n) is 4.93. The number of esters is 1. The summed E-state index contributed by atoms with van der Waals surface area (Å²) in [6.07, 6.45) is 3.15. The highest BCUT2D eigenvalue weighted by Crippen LogP contribution is 2.63. The number of carboxylic acid groups (broad SMARTS) is 1. The molecule has 0 radical (unpaired) electrons. The van der Waals surface area contributed by atoms with Crippen molar-refractivity contribution in [1.29, 1.82) is 0 Å². The van der Waals surface area contributed by atoms with Crippen molar-refractivity contribution in [2.75, 3.05) is 0 Å². The Balaban J connectivity index is 1.82. The molecule has 0 amide bonds. The van der Waals surface area contributed by atoms with Crippen LogP contribution in [0.15, 0.2) is 23.7 Å². The number of allylic oxidation sites excluding steroid dienone is 1. The number of hydrogen-bond acceptors (Lipinski definition) is 5. The zero-order valence-corrected chi connectivity index (χ0v) is 10.9. The van der Waals surface area contributed by atoms with Gasteiger partial charge in [-0.25, -0.2) is 4.79 Å². The number of carbonyl (C=O) groups excluding carboxylic acids is 1. The first-order valence-electron chi connectivity index (χ1n) is 6.76. The second kappa shape index (κ2) is 3.63. The smallest absolute Gasteiger partial charge is 0.335 e. The van der Waals surface area contributed by atoms with Crippen LogP contribution in [-0.2, 0) is 23.8 Å². The summed E-state index contributed by atoms with van der Waals surface area (Å²) in [6, 6.07) is 0. The van der Waals surface area contributed by atoms with Gasteiger partial charge in [-0.3, -0.25) is 4.79 Å². The third-order valence-corrected chi connectivity index (χ3v) is 4.93. The van der Waals surface area contributed by atoms with Crippen LogP contribution in [0.1, 0.15) is 19.8 Å². The molecule has 3 heterocycles. The molecule has 0 aromatic heterocycles. The van der Waals surface area contributed by atoms with E-state index in [1.54, 1.807) is 0 Å². The number of hydrogen-bond donors (Lipinski definition) is 1. The van der Waals surface area contributed by atoms with Gasteiger partial charge in [0.2, 0.25) is 6.29 Å². The molecular formula is C14H14O6. The van der Waals surface area contributed by atoms with E-state index in [9.17, 15) is 14.7 Å². The van der Waals surface area contributed by atoms with Gasteiger partial charge in [0.15, 0.2) is 0 Å². The fourth-order valence-electron chi connectivity index (χ4n) is 4.02. The summed E-state index contributed by atoms with van der Waals surface area (Å²) in [4.78, 5) is 23.5. The van der Waals surface area contributed by atoms with E-state index in [-0.39, 0.29) is 29.5 Å². The van der Waals surface area contributed by atoms with Gasteiger partial charge >= 0.3 is 11.9 Å². The minimum Gasteiger partial charge on any atom is -0.478 e. The highest BCUT2D eigenvalue weighted by Gasteiger charge is 2.70. The average Bonchev–Trinajstić information content (AvgIpc) is 3.01. The normalized spacial score (nSPS) is 44.1. The monoisotopic (exact) mass is 278 g/mol. The van der Waals surface area contributed by atoms with Crippen molar-refractivity contribution in [2.24, 2.45) is 17.3 Å². The summed E-state index contributed by atoms with van der Waals surface area (Å²) in [5.74, 6) is -1.35. The van der Waals surface area contributed by atoms with Crippen molar-refractivity contribution >= 4 is 11.9 Å². The lowest BCUT2D eigenvalue weighted by molar-refractivity contribution is -0.166. The van der Waals surface area contributed by atoms with E-state index in [2.05, 4.69) is 0 Å². The topological polar surface area (TPSA) is 82.1 Å². The zero-order valence-electron chi connectivity index (χ0n) is 10.9. The van der Waals surface area contributed by atoms with Crippen LogP contribution in [0, 0.1) is 17.3 Å². The van der Waals surface area contributed by atoms with Crippen molar-refractivity contribution in [3.63, 3.8) is 0 Å². The van der Waals surface area contributed by atoms with Crippen molar-refractivity contribution in [2.45, 2.75) is 32.2 Å². The van der Waals surface area contributed by atoms with Gasteiger partial charge < -0.3 is 19.3 Å². The van der Waals surface area contributed by atoms with Crippen LogP contribution in [0.3, 0.4) is 0 Å². The van der Waals surface area contributed by atoms with E-state index in [1.807, 2.05) is 13.0 Å². The highest BCUT2D eigenvalue weighted by molar-refractivity contribution is 5.89. The molecule has 2 saturated heterocycles. The summed E-state index contributed by atoms with van der Waals surface area (Å²) in [6.45, 7) is 1.90. The summed E-state index contributed by atoms with van der Waals surface area (Å²) in [5, 5.41) is 9.41. The Labute approximate surface area is 115 Å². The van der Waals surface area contributed by atoms with Crippen LogP contribution >= 0.6 is 0 Å². The Morgan fingerprint density at radius 1 is 1.55 bits per heavy atom. The van der Waals surface area contributed by atoms with E-state index in [4.69, 9.17) is 14.2 Å². The second-order valence-electron chi connectivity index (χ2n) is 5.67. The Hall–Kier alpha value is -1.82. The lowest BCUT2D eigenvalue weighted by Crippen LogP contribution is -2.44. The van der Waals surface area contributed by atoms with Crippen molar-refractivity contribution < 1.29 is 28.9 Å². The molecule has 1 spiro atoms. The average molecular weight is 278 g/mol. The maximum Gasteiger partial charge on any atom is 0.335 e. The summed E-state index contributed by atoms with van der Waals surface area (Å²) in [5.41, 5.74) is -0.519. The largest absolute Gasteiger partial charge is 0.478 e. The molecule has 4 rings (SSSR count). The summed E-state index contributed by atoms with van der Waals surface area (Å²) in [7, 11) is 0. The van der Waals surface area contributed by atoms with Crippen molar-refractivity contribution in [3.8, 4) is 0 Å². The maximum absolute atomic E-state index is 12.0. The summed E-state index contributed by atoms with van der Waals surface area (Å²) < 4.78 is 16.7. The van der Waals surface area contributed by atoms with Crippen LogP contribution < -0.4 is 0 Å². The van der Waals surface area contributed by atoms with Gasteiger partial charge in [-0.05, 0) is 18.9 Å². The number of ether oxygens (including phenoxy) is 3. The fraction of sp³-hybridized carbons (Fsp3) is 0.571. The van der Waals surface area contributed by atoms with Gasteiger partial charge in [0.05, 0.1) is 35.2 Å². The Morgan fingerprint density at radius 2 is 2.35 bits per heavy atom. The van der Waals surface area contributed by atoms with Gasteiger partial charge in [-0.2, -0.15) is 0 Å². The molecule has 2 fully saturated rings. The predicted molar refractivity (Wildman–Crippen MR) is 64.0 cm³/mol. The SMILES string of the molecule is CC[C@@H]1C(=O)OC2=CC[C@]34C(C(=O)O)=CO[C@H]3O[C@@H]1[C@@H]24. The van der Waals surface area contributed by atoms with Crippen LogP contribution in [0.2, 0.25) is 0 Å². The maximum atomic E-state index is 12.0. The number of carboxylic acids is 1. The molecule has 0 aromatic carbocycles. The van der Waals surface area contributed by atoms with E-state index < -0.39 is 17.7 Å². The molecule has 106 valence electrons. The first kappa shape index (κ1) is 12.0. The lowest BCUT2D eigenvalue weighted by Gasteiger charge is -2.34. The molecule has 3 aliphatic heterocycles. The van der Waals surface area contributed by atoms with Gasteiger partial charge in [0, 0.05) is 0 Å². The molecule has 0 unspecified atom stereocenters. The molecule has 5 atom stereocenters. The van der Waals surface area contributed by atoms with E-state index in [1.165, 1.54) is 6.26 Å². The third kappa shape index (κ3) is 1.14. The van der Waals surface area contributed by atoms with Gasteiger partial charge in [-0.1, -0.05) is 6.92 Å². The molecule has 0 bridgehead atoms. The molecule has 1 N–H and O–H groups in total. The molecule has 0 saturated carbocycles. The fourth-order valence-corrected chi connectivity index (χ4v) is 4.02. The molecule has 1 aliphatic carbocycles. The van der Waals surface area contributed by atoms with Gasteiger partial charge in [0.25, 0.3) is 0 Å². The molecule has 20 heavy (non-hydrogen) atoms. The summed E-state index contributed by atoms with van der Waals surface area (Å²) >= 11 is 0. The Morgan fingerprint density at radius 3 is 3.05 bits per heavy atom. The number of aliphatic carboxylic acids is 1. The number of carbonyl (C=O) groups is 2. The zero-order chi connectivity index (χ0) is 14.1. The van der Waals surface area contributed by atoms with Crippen molar-refractivity contribution in [3.05, 3.63) is 23.7 Å². The Bertz CT molecular complexity index is 576. The van der Waals surface area contributed by atoms with E-state index in [0.29, 0.717) is 18.6 Å². The highest BCUT2D eigenvalue weighted by atomic mass is 16.7. The quantitative estimate of drug-likeness (QED) is 0.764. The first-order valence-corrected chi connectivity index (χ1v) is 6.76. The molecule has 0 aromatic rings. The van der Waals surface area contributed by atoms with Gasteiger partial charge in [0.1, 0.15) is 5.76 Å². The molecular weight excluding hydrogens is 264 g/mol. The van der Waals surface area contributed by atoms with Gasteiger partial charge in [-0.15, -0.1) is 0 Å². The first-order chi connectivity index (χ1) is 9.59. The Kier molecular flexibility index (Phi) is 2.17. The van der Waals surface area contributed by atoms with Crippen LogP contribution in [-0.4, -0.2) is 29.4 Å². The van der Waals surface area contributed by atoms with Crippen LogP contribution in [0.5, 0.6) is 0 Å². The second-order valence-corrected chi connectivity index (χ2v) is 5.67. The molecule has 6 heteroatoms. The minimum absolute atomic E-state index is 0.217. The molecule has 6 nitrogen and oxygen atoms in total. The standard InChI is InChI=1S/C14H14O6/c1-2-6-10-9-8(19-12(6)17)3-4-14(9)7(11(15)16)5-18-13(14)20-10/h3,5-6,9-10,13H,2,4H2,1H3,(H,15,16)/t6-,9+,10-,13-,14+/m0/s1. The number of rotatable bonds is 2. The lowest BCUT2D eigenvalue weighted by atomic mass is 9.68. The molecule has 4 aliphatic rings. The minimum atomic E-state index is -1.00.